The number of hydrogen-bond donors (Lipinski definition) is 0. The molecule has 550 valence electrons. The van der Waals surface area contributed by atoms with E-state index in [4.69, 9.17) is 0 Å². The molecule has 12 aliphatic rings. The Morgan fingerprint density at radius 2 is 0.934 bits per heavy atom. The highest BCUT2D eigenvalue weighted by molar-refractivity contribution is 8.01. The van der Waals surface area contributed by atoms with Crippen molar-refractivity contribution in [2.45, 2.75) is 308 Å². The maximum Gasteiger partial charge on any atom is 0.221 e. The van der Waals surface area contributed by atoms with Crippen molar-refractivity contribution in [2.24, 2.45) is 23.7 Å². The first-order valence-electron chi connectivity index (χ1n) is 43.7. The van der Waals surface area contributed by atoms with Gasteiger partial charge in [0.25, 0.3) is 0 Å². The van der Waals surface area contributed by atoms with Crippen LogP contribution in [0.5, 0.6) is 0 Å². The van der Waals surface area contributed by atoms with Crippen LogP contribution in [0.4, 0.5) is 22.7 Å². The summed E-state index contributed by atoms with van der Waals surface area (Å²) in [6, 6.07) is 74.3. The van der Waals surface area contributed by atoms with Gasteiger partial charge in [-0.15, -0.1) is 0 Å². The zero-order valence-electron chi connectivity index (χ0n) is 65.4. The van der Waals surface area contributed by atoms with Crippen LogP contribution in [0.25, 0.3) is 33.4 Å². The maximum atomic E-state index is 3.35. The maximum absolute atomic E-state index is 3.35. The molecule has 3 saturated heterocycles. The molecule has 0 N–H and O–H groups in total. The summed E-state index contributed by atoms with van der Waals surface area (Å²) in [5.41, 5.74) is 21.4. The zero-order valence-corrected chi connectivity index (χ0v) is 66.2. The van der Waals surface area contributed by atoms with E-state index >= 15 is 0 Å². The monoisotopic (exact) mass is 1420 g/mol. The van der Waals surface area contributed by atoms with E-state index in [2.05, 4.69) is 261 Å². The summed E-state index contributed by atoms with van der Waals surface area (Å²) < 4.78 is 0. The van der Waals surface area contributed by atoms with Crippen molar-refractivity contribution >= 4 is 53.4 Å². The minimum atomic E-state index is 0.0367. The molecule has 0 amide bonds. The molecule has 0 aromatic heterocycles. The lowest BCUT2D eigenvalue weighted by molar-refractivity contribution is 0.00784. The lowest BCUT2D eigenvalue weighted by atomic mass is 9.18. The second kappa shape index (κ2) is 29.3. The lowest BCUT2D eigenvalue weighted by Gasteiger charge is -2.64. The zero-order chi connectivity index (χ0) is 71.4. The normalized spacial score (nSPS) is 30.6. The fraction of sp³-hybridized carbons (Fsp3) is 0.535. The third-order valence-electron chi connectivity index (χ3n) is 30.8. The standard InChI is InChI=1S/C99H122B2N4S/c1-98(2,3)74-51-43-70(44-52-74)83-38-26-39-84(71-45-53-75(54-46-71)99(4,5)6)97(83)105-90-65-93-88(100-85-40-23-22-31-72(85)59-73-60-81(63-94(106-93)95(73)100)102(76-32-16-9-17-33-76)77-34-18-10-19-35-77)64-87(90)101-86-41-24-25-42-89(86)104(78-36-20-11-21-37-78)91-61-82(62-92(105)96(91)101)103(79-55-47-68(48-56-79)66-27-12-7-13-28-66)80-57-49-69(50-58-80)67-29-14-8-15-30-67/h7,11-13,20-21,24-28,36-39,41-48,51-56,64-65,67,69,72-73,76-77,80-82,85,88,91-96H,8-10,14-19,22-23,29-35,40,49-50,57-63H2,1-6H3. The average Bonchev–Trinajstić information content (AvgIpc) is 0.687. The highest BCUT2D eigenvalue weighted by Crippen LogP contribution is 2.68. The fourth-order valence-corrected chi connectivity index (χ4v) is 28.1. The van der Waals surface area contributed by atoms with Gasteiger partial charge < -0.3 is 14.7 Å². The quantitative estimate of drug-likeness (QED) is 0.113. The minimum absolute atomic E-state index is 0.0367. The third-order valence-corrected chi connectivity index (χ3v) is 32.4. The highest BCUT2D eigenvalue weighted by atomic mass is 32.2. The molecule has 4 aliphatic heterocycles. The second-order valence-electron chi connectivity index (χ2n) is 38.5. The van der Waals surface area contributed by atoms with Crippen LogP contribution in [-0.4, -0.2) is 71.1 Å². The van der Waals surface area contributed by atoms with Crippen LogP contribution in [0.15, 0.2) is 199 Å². The molecule has 0 radical (unpaired) electrons. The largest absolute Gasteiger partial charge is 0.365 e. The molecule has 0 spiro atoms. The number of fused-ring (bicyclic) bond motifs is 8. The SMILES string of the molecule is CC(C)(C)c1ccc(-c2cccc(-c3ccc(C(C)(C)C)cc3)c2N2C3=CC4SC5CC(N(C6CCCCC6)C6CCCCC6)CC6CC7CCCCC7B(C4C=C3B3c4ccccc4N(c4ccccc4)C4CC(N(c7ccc(-c8ccccc8)cc7)C7CCC(C8CCCCC8)CC7)CC2C34)C65)cc1. The van der Waals surface area contributed by atoms with Crippen LogP contribution >= 0.6 is 11.8 Å². The molecular formula is C99H122B2N4S. The van der Waals surface area contributed by atoms with Crippen LogP contribution in [-0.2, 0) is 10.8 Å². The van der Waals surface area contributed by atoms with Gasteiger partial charge in [0.1, 0.15) is 0 Å². The van der Waals surface area contributed by atoms with Gasteiger partial charge >= 0.3 is 0 Å². The van der Waals surface area contributed by atoms with E-state index in [1.165, 1.54) is 234 Å². The predicted molar refractivity (Wildman–Crippen MR) is 456 cm³/mol. The van der Waals surface area contributed by atoms with Crippen LogP contribution in [0, 0.1) is 23.7 Å². The van der Waals surface area contributed by atoms with E-state index in [1.54, 1.807) is 16.6 Å². The van der Waals surface area contributed by atoms with E-state index in [1.807, 2.05) is 0 Å². The molecule has 7 saturated carbocycles. The molecule has 4 heterocycles. The van der Waals surface area contributed by atoms with Gasteiger partial charge in [0.15, 0.2) is 6.71 Å². The lowest BCUT2D eigenvalue weighted by Crippen LogP contribution is -2.69. The number of nitrogens with zero attached hydrogens (tertiary/aromatic N) is 4. The first-order valence-corrected chi connectivity index (χ1v) is 44.7. The van der Waals surface area contributed by atoms with Gasteiger partial charge in [0, 0.05) is 86.7 Å². The van der Waals surface area contributed by atoms with Gasteiger partial charge in [-0.05, 0) is 205 Å². The van der Waals surface area contributed by atoms with Gasteiger partial charge in [0.05, 0.1) is 5.69 Å². The Labute approximate surface area is 644 Å². The summed E-state index contributed by atoms with van der Waals surface area (Å²) in [4.78, 5) is 12.6. The smallest absolute Gasteiger partial charge is 0.221 e. The van der Waals surface area contributed by atoms with Gasteiger partial charge in [-0.25, -0.2) is 0 Å². The summed E-state index contributed by atoms with van der Waals surface area (Å²) in [6.45, 7) is 15.3. The van der Waals surface area contributed by atoms with Crippen molar-refractivity contribution in [3.8, 4) is 33.4 Å². The van der Waals surface area contributed by atoms with Crippen molar-refractivity contribution < 1.29 is 0 Å². The number of benzene rings is 7. The molecule has 106 heavy (non-hydrogen) atoms. The van der Waals surface area contributed by atoms with Crippen molar-refractivity contribution in [2.75, 3.05) is 14.7 Å². The van der Waals surface area contributed by atoms with Gasteiger partial charge in [0.2, 0.25) is 6.71 Å². The molecule has 0 bridgehead atoms. The van der Waals surface area contributed by atoms with Crippen molar-refractivity contribution in [3.05, 3.63) is 210 Å². The molecule has 19 rings (SSSR count). The van der Waals surface area contributed by atoms with E-state index in [0.29, 0.717) is 28.2 Å². The Bertz CT molecular complexity index is 4170. The second-order valence-corrected chi connectivity index (χ2v) is 39.9. The van der Waals surface area contributed by atoms with E-state index in [0.717, 1.165) is 73.0 Å². The number of hydrogen-bond acceptors (Lipinski definition) is 5. The highest BCUT2D eigenvalue weighted by Gasteiger charge is 2.64. The minimum Gasteiger partial charge on any atom is -0.365 e. The molecule has 7 aromatic rings. The first kappa shape index (κ1) is 70.3. The van der Waals surface area contributed by atoms with Crippen LogP contribution in [0.2, 0.25) is 23.3 Å². The van der Waals surface area contributed by atoms with Crippen LogP contribution in [0.3, 0.4) is 0 Å². The summed E-state index contributed by atoms with van der Waals surface area (Å²) in [6.07, 6.45) is 45.5. The summed E-state index contributed by atoms with van der Waals surface area (Å²) in [5.74, 6) is 5.93. The first-order chi connectivity index (χ1) is 51.8. The summed E-state index contributed by atoms with van der Waals surface area (Å²) in [5, 5.41) is 1.12. The van der Waals surface area contributed by atoms with E-state index in [9.17, 15) is 0 Å². The van der Waals surface area contributed by atoms with Crippen LogP contribution < -0.4 is 20.2 Å². The van der Waals surface area contributed by atoms with Crippen molar-refractivity contribution in [1.82, 2.24) is 4.90 Å². The molecule has 7 aromatic carbocycles. The molecule has 8 aliphatic carbocycles. The molecule has 12 atom stereocenters. The molecule has 4 nitrogen and oxygen atoms in total. The molecule has 7 heteroatoms. The Kier molecular flexibility index (Phi) is 19.4. The average molecular weight is 1420 g/mol. The molecular weight excluding hydrogens is 1300 g/mol. The van der Waals surface area contributed by atoms with Gasteiger partial charge in [-0.3, -0.25) is 4.90 Å². The topological polar surface area (TPSA) is 13.0 Å². The Morgan fingerprint density at radius 1 is 0.396 bits per heavy atom. The van der Waals surface area contributed by atoms with Gasteiger partial charge in [-0.2, -0.15) is 11.8 Å². The Balaban J connectivity index is 0.830. The van der Waals surface area contributed by atoms with Crippen molar-refractivity contribution in [3.63, 3.8) is 0 Å². The van der Waals surface area contributed by atoms with Crippen molar-refractivity contribution in [1.29, 1.82) is 0 Å². The number of anilines is 4. The number of para-hydroxylation sites is 3. The number of allylic oxidation sites excluding steroid dienone is 2. The van der Waals surface area contributed by atoms with Gasteiger partial charge in [-0.1, -0.05) is 306 Å². The predicted octanol–water partition coefficient (Wildman–Crippen LogP) is 25.4. The van der Waals surface area contributed by atoms with E-state index < -0.39 is 0 Å². The molecule has 10 fully saturated rings. The number of rotatable bonds is 12. The van der Waals surface area contributed by atoms with E-state index in [-0.39, 0.29) is 35.7 Å². The summed E-state index contributed by atoms with van der Waals surface area (Å²) >= 11 is 2.55. The number of thioether (sulfide) groups is 1. The fourth-order valence-electron chi connectivity index (χ4n) is 26.1. The van der Waals surface area contributed by atoms with Crippen LogP contribution in [0.1, 0.15) is 232 Å². The Morgan fingerprint density at radius 3 is 1.57 bits per heavy atom. The summed E-state index contributed by atoms with van der Waals surface area (Å²) in [7, 11) is 0. The third kappa shape index (κ3) is 13.0. The Hall–Kier alpha value is -6.14. The molecule has 12 unspecified atom stereocenters.